The van der Waals surface area contributed by atoms with Gasteiger partial charge in [-0.1, -0.05) is 23.2 Å². The van der Waals surface area contributed by atoms with Gasteiger partial charge in [-0.25, -0.2) is 10.1 Å². The highest BCUT2D eigenvalue weighted by Crippen LogP contribution is 2.32. The van der Waals surface area contributed by atoms with Crippen LogP contribution in [0.5, 0.6) is 11.5 Å². The quantitative estimate of drug-likeness (QED) is 0.515. The number of aryl methyl sites for hydroxylation is 1. The average molecular weight is 417 g/mol. The van der Waals surface area contributed by atoms with E-state index in [1.807, 2.05) is 12.1 Å². The number of rotatable bonds is 4. The van der Waals surface area contributed by atoms with Crippen molar-refractivity contribution in [2.75, 3.05) is 6.79 Å². The molecule has 28 heavy (non-hydrogen) atoms. The van der Waals surface area contributed by atoms with Gasteiger partial charge < -0.3 is 9.47 Å². The van der Waals surface area contributed by atoms with Crippen molar-refractivity contribution < 1.29 is 14.3 Å². The molecule has 9 heteroatoms. The lowest BCUT2D eigenvalue weighted by Crippen LogP contribution is -2.17. The molecule has 0 unspecified atom stereocenters. The first-order valence-electron chi connectivity index (χ1n) is 8.27. The van der Waals surface area contributed by atoms with E-state index in [1.54, 1.807) is 41.9 Å². The van der Waals surface area contributed by atoms with Crippen LogP contribution in [-0.4, -0.2) is 28.7 Å². The van der Waals surface area contributed by atoms with Gasteiger partial charge in [-0.05, 0) is 49.4 Å². The van der Waals surface area contributed by atoms with Gasteiger partial charge in [-0.3, -0.25) is 4.79 Å². The van der Waals surface area contributed by atoms with Crippen molar-refractivity contribution in [1.29, 1.82) is 0 Å². The third kappa shape index (κ3) is 3.54. The molecule has 0 fully saturated rings. The van der Waals surface area contributed by atoms with Gasteiger partial charge in [-0.15, -0.1) is 0 Å². The number of aromatic nitrogens is 2. The third-order valence-corrected chi connectivity index (χ3v) is 4.73. The highest BCUT2D eigenvalue weighted by molar-refractivity contribution is 6.32. The van der Waals surface area contributed by atoms with E-state index in [1.165, 1.54) is 6.21 Å². The Bertz CT molecular complexity index is 1080. The van der Waals surface area contributed by atoms with Crippen molar-refractivity contribution in [2.24, 2.45) is 5.10 Å². The summed E-state index contributed by atoms with van der Waals surface area (Å²) in [6.07, 6.45) is 1.46. The maximum Gasteiger partial charge on any atom is 0.271 e. The lowest BCUT2D eigenvalue weighted by Gasteiger charge is -2.03. The van der Waals surface area contributed by atoms with Crippen LogP contribution in [0.2, 0.25) is 10.2 Å². The molecule has 0 aliphatic carbocycles. The summed E-state index contributed by atoms with van der Waals surface area (Å²) in [5.41, 5.74) is 4.91. The molecule has 0 atom stereocenters. The van der Waals surface area contributed by atoms with Crippen LogP contribution >= 0.6 is 23.2 Å². The van der Waals surface area contributed by atoms with Crippen LogP contribution in [0.1, 0.15) is 21.6 Å². The zero-order chi connectivity index (χ0) is 19.7. The summed E-state index contributed by atoms with van der Waals surface area (Å²) in [5.74, 6) is 0.755. The second kappa shape index (κ2) is 7.53. The molecule has 142 valence electrons. The van der Waals surface area contributed by atoms with Crippen LogP contribution in [0, 0.1) is 6.92 Å². The number of benzene rings is 2. The first-order chi connectivity index (χ1) is 13.5. The molecule has 0 saturated heterocycles. The maximum absolute atomic E-state index is 12.3. The average Bonchev–Trinajstić information content (AvgIpc) is 3.27. The van der Waals surface area contributed by atoms with Gasteiger partial charge in [0.25, 0.3) is 5.91 Å². The zero-order valence-electron chi connectivity index (χ0n) is 14.6. The van der Waals surface area contributed by atoms with Crippen LogP contribution < -0.4 is 14.9 Å². The Balaban J connectivity index is 1.50. The zero-order valence-corrected chi connectivity index (χ0v) is 16.2. The molecule has 1 amide bonds. The predicted octanol–water partition coefficient (Wildman–Crippen LogP) is 3.98. The van der Waals surface area contributed by atoms with Crippen LogP contribution in [0.3, 0.4) is 0 Å². The molecule has 7 nitrogen and oxygen atoms in total. The second-order valence-electron chi connectivity index (χ2n) is 5.95. The van der Waals surface area contributed by atoms with Crippen LogP contribution in [0.4, 0.5) is 0 Å². The second-order valence-corrected chi connectivity index (χ2v) is 6.74. The van der Waals surface area contributed by atoms with E-state index >= 15 is 0 Å². The fourth-order valence-corrected chi connectivity index (χ4v) is 3.12. The van der Waals surface area contributed by atoms with Gasteiger partial charge in [0.1, 0.15) is 5.15 Å². The highest BCUT2D eigenvalue weighted by atomic mass is 35.5. The van der Waals surface area contributed by atoms with E-state index < -0.39 is 0 Å². The molecule has 0 spiro atoms. The monoisotopic (exact) mass is 416 g/mol. The number of ether oxygens (including phenoxy) is 2. The number of halogens is 2. The first kappa shape index (κ1) is 18.3. The van der Waals surface area contributed by atoms with Crippen molar-refractivity contribution in [2.45, 2.75) is 6.92 Å². The largest absolute Gasteiger partial charge is 0.454 e. The van der Waals surface area contributed by atoms with Crippen molar-refractivity contribution >= 4 is 35.3 Å². The third-order valence-electron chi connectivity index (χ3n) is 4.11. The van der Waals surface area contributed by atoms with Crippen molar-refractivity contribution in [3.63, 3.8) is 0 Å². The summed E-state index contributed by atoms with van der Waals surface area (Å²) >= 11 is 12.3. The van der Waals surface area contributed by atoms with E-state index in [2.05, 4.69) is 15.6 Å². The lowest BCUT2D eigenvalue weighted by molar-refractivity contribution is 0.0954. The fourth-order valence-electron chi connectivity index (χ4n) is 2.67. The Morgan fingerprint density at radius 3 is 2.71 bits per heavy atom. The fraction of sp³-hybridized carbons (Fsp3) is 0.105. The molecular weight excluding hydrogens is 403 g/mol. The molecule has 0 bridgehead atoms. The molecule has 3 aromatic rings. The highest BCUT2D eigenvalue weighted by Gasteiger charge is 2.16. The molecule has 0 saturated carbocycles. The Morgan fingerprint density at radius 1 is 1.18 bits per heavy atom. The number of amides is 1. The van der Waals surface area contributed by atoms with Gasteiger partial charge in [-0.2, -0.15) is 10.2 Å². The van der Waals surface area contributed by atoms with E-state index in [0.29, 0.717) is 38.5 Å². The van der Waals surface area contributed by atoms with E-state index in [4.69, 9.17) is 32.7 Å². The van der Waals surface area contributed by atoms with Gasteiger partial charge in [0.15, 0.2) is 11.5 Å². The van der Waals surface area contributed by atoms with Gasteiger partial charge in [0.05, 0.1) is 23.2 Å². The Morgan fingerprint density at radius 2 is 1.93 bits per heavy atom. The Hall–Kier alpha value is -3.03. The molecule has 1 aromatic heterocycles. The lowest BCUT2D eigenvalue weighted by atomic mass is 10.2. The number of carbonyl (C=O) groups is 1. The molecule has 1 aliphatic rings. The smallest absolute Gasteiger partial charge is 0.271 e. The minimum Gasteiger partial charge on any atom is -0.454 e. The number of nitrogens with zero attached hydrogens (tertiary/aromatic N) is 3. The van der Waals surface area contributed by atoms with Crippen molar-refractivity contribution in [3.05, 3.63) is 69.5 Å². The van der Waals surface area contributed by atoms with Crippen LogP contribution in [-0.2, 0) is 0 Å². The topological polar surface area (TPSA) is 77.7 Å². The molecule has 1 aliphatic heterocycles. The van der Waals surface area contributed by atoms with Gasteiger partial charge in [0, 0.05) is 10.6 Å². The van der Waals surface area contributed by atoms with Gasteiger partial charge in [0.2, 0.25) is 6.79 Å². The summed E-state index contributed by atoms with van der Waals surface area (Å²) < 4.78 is 12.1. The molecule has 2 aromatic carbocycles. The number of hydrogen-bond donors (Lipinski definition) is 1. The van der Waals surface area contributed by atoms with Crippen molar-refractivity contribution in [1.82, 2.24) is 15.2 Å². The minimum atomic E-state index is -0.381. The van der Waals surface area contributed by atoms with Gasteiger partial charge >= 0.3 is 0 Å². The Kier molecular flexibility index (Phi) is 4.93. The summed E-state index contributed by atoms with van der Waals surface area (Å²) in [4.78, 5) is 12.3. The first-order valence-corrected chi connectivity index (χ1v) is 9.02. The summed E-state index contributed by atoms with van der Waals surface area (Å²) in [5, 5.41) is 9.41. The SMILES string of the molecule is Cc1nn(-c2ccc(Cl)cc2)c(Cl)c1C=NNC(=O)c1ccc2c(c1)OCO2. The minimum absolute atomic E-state index is 0.147. The molecular formula is C19H14Cl2N4O3. The number of fused-ring (bicyclic) bond motifs is 1. The van der Waals surface area contributed by atoms with E-state index in [-0.39, 0.29) is 12.7 Å². The van der Waals surface area contributed by atoms with Crippen LogP contribution in [0.25, 0.3) is 5.69 Å². The molecule has 0 radical (unpaired) electrons. The summed E-state index contributed by atoms with van der Waals surface area (Å²) in [6, 6.07) is 12.0. The number of carbonyl (C=O) groups excluding carboxylic acids is 1. The molecule has 2 heterocycles. The standard InChI is InChI=1S/C19H14Cl2N4O3/c1-11-15(18(21)25(24-11)14-5-3-13(20)4-6-14)9-22-23-19(26)12-2-7-16-17(8-12)28-10-27-16/h2-9H,10H2,1H3,(H,23,26). The maximum atomic E-state index is 12.3. The molecule has 1 N–H and O–H groups in total. The van der Waals surface area contributed by atoms with Crippen LogP contribution in [0.15, 0.2) is 47.6 Å². The normalized spacial score (nSPS) is 12.5. The number of hydrazone groups is 1. The summed E-state index contributed by atoms with van der Waals surface area (Å²) in [6.45, 7) is 1.95. The van der Waals surface area contributed by atoms with E-state index in [0.717, 1.165) is 5.69 Å². The number of hydrogen-bond acceptors (Lipinski definition) is 5. The van der Waals surface area contributed by atoms with E-state index in [9.17, 15) is 4.79 Å². The summed E-state index contributed by atoms with van der Waals surface area (Å²) in [7, 11) is 0. The Labute approximate surface area is 170 Å². The van der Waals surface area contributed by atoms with Crippen molar-refractivity contribution in [3.8, 4) is 17.2 Å². The predicted molar refractivity (Wildman–Crippen MR) is 106 cm³/mol. The molecule has 4 rings (SSSR count). The number of nitrogens with one attached hydrogen (secondary N) is 1.